The second-order valence-electron chi connectivity index (χ2n) is 8.03. The van der Waals surface area contributed by atoms with Gasteiger partial charge in [0.05, 0.1) is 12.7 Å². The quantitative estimate of drug-likeness (QED) is 0.524. The monoisotopic (exact) mass is 390 g/mol. The number of hydrogen-bond donors (Lipinski definition) is 2. The summed E-state index contributed by atoms with van der Waals surface area (Å²) in [6.45, 7) is 6.56. The zero-order valence-electron chi connectivity index (χ0n) is 17.3. The molecule has 2 fully saturated rings. The van der Waals surface area contributed by atoms with E-state index in [0.29, 0.717) is 13.2 Å². The Labute approximate surface area is 163 Å². The van der Waals surface area contributed by atoms with E-state index >= 15 is 0 Å². The van der Waals surface area contributed by atoms with Crippen LogP contribution in [0.15, 0.2) is 0 Å². The van der Waals surface area contributed by atoms with Crippen LogP contribution in [0.2, 0.25) is 0 Å². The van der Waals surface area contributed by atoms with Crippen LogP contribution in [0.1, 0.15) is 65.7 Å². The van der Waals surface area contributed by atoms with Gasteiger partial charge in [0, 0.05) is 13.7 Å². The van der Waals surface area contributed by atoms with Crippen molar-refractivity contribution < 1.29 is 33.9 Å². The van der Waals surface area contributed by atoms with Crippen molar-refractivity contribution in [3.05, 3.63) is 0 Å². The zero-order valence-corrected chi connectivity index (χ0v) is 17.3. The summed E-state index contributed by atoms with van der Waals surface area (Å²) in [5.41, 5.74) is 0. The maximum Gasteiger partial charge on any atom is 0.184 e. The summed E-state index contributed by atoms with van der Waals surface area (Å²) in [4.78, 5) is 0. The van der Waals surface area contributed by atoms with E-state index < -0.39 is 36.5 Å². The third kappa shape index (κ3) is 6.92. The van der Waals surface area contributed by atoms with Crippen molar-refractivity contribution in [2.24, 2.45) is 0 Å². The van der Waals surface area contributed by atoms with Crippen LogP contribution in [0.4, 0.5) is 0 Å². The van der Waals surface area contributed by atoms with Crippen molar-refractivity contribution in [1.82, 2.24) is 0 Å². The van der Waals surface area contributed by atoms with Crippen LogP contribution in [-0.4, -0.2) is 73.1 Å². The highest BCUT2D eigenvalue weighted by molar-refractivity contribution is 4.94. The zero-order chi connectivity index (χ0) is 19.9. The molecular weight excluding hydrogens is 352 g/mol. The van der Waals surface area contributed by atoms with Gasteiger partial charge >= 0.3 is 0 Å². The number of ether oxygens (including phenoxy) is 5. The van der Waals surface area contributed by atoms with Crippen LogP contribution in [0.25, 0.3) is 0 Å². The number of rotatable bonds is 11. The molecule has 2 rings (SSSR count). The Balaban J connectivity index is 1.80. The Hall–Kier alpha value is -0.280. The van der Waals surface area contributed by atoms with Crippen LogP contribution >= 0.6 is 0 Å². The van der Waals surface area contributed by atoms with Crippen molar-refractivity contribution in [2.45, 2.75) is 108 Å². The highest BCUT2D eigenvalue weighted by Crippen LogP contribution is 2.33. The minimum absolute atomic E-state index is 0.136. The smallest absolute Gasteiger partial charge is 0.184 e. The molecule has 0 saturated carbocycles. The summed E-state index contributed by atoms with van der Waals surface area (Å²) in [7, 11) is 1.73. The molecule has 2 aliphatic heterocycles. The molecule has 160 valence electrons. The highest BCUT2D eigenvalue weighted by atomic mass is 16.8. The number of fused-ring (bicyclic) bond motifs is 1. The molecule has 27 heavy (non-hydrogen) atoms. The minimum atomic E-state index is -1.30. The van der Waals surface area contributed by atoms with Crippen molar-refractivity contribution in [2.75, 3.05) is 20.3 Å². The number of aliphatic hydroxyl groups excluding tert-OH is 2. The van der Waals surface area contributed by atoms with Gasteiger partial charge in [-0.25, -0.2) is 0 Å². The molecule has 0 aromatic heterocycles. The number of hydrogen-bond acceptors (Lipinski definition) is 7. The Morgan fingerprint density at radius 1 is 1.11 bits per heavy atom. The average Bonchev–Trinajstić information content (AvgIpc) is 2.63. The molecule has 0 radical (unpaired) electrons. The first-order valence-corrected chi connectivity index (χ1v) is 10.4. The van der Waals surface area contributed by atoms with Gasteiger partial charge < -0.3 is 33.9 Å². The van der Waals surface area contributed by atoms with Crippen molar-refractivity contribution in [3.63, 3.8) is 0 Å². The van der Waals surface area contributed by atoms with Crippen LogP contribution in [0, 0.1) is 0 Å². The molecule has 0 spiro atoms. The van der Waals surface area contributed by atoms with E-state index in [9.17, 15) is 10.2 Å². The number of aliphatic hydroxyl groups is 2. The van der Waals surface area contributed by atoms with Crippen LogP contribution in [0.3, 0.4) is 0 Å². The van der Waals surface area contributed by atoms with Gasteiger partial charge in [-0.3, -0.25) is 0 Å². The van der Waals surface area contributed by atoms with Gasteiger partial charge in [0.1, 0.15) is 24.4 Å². The number of methoxy groups -OCH3 is 1. The summed E-state index contributed by atoms with van der Waals surface area (Å²) in [5, 5.41) is 20.3. The molecule has 0 amide bonds. The van der Waals surface area contributed by atoms with E-state index in [4.69, 9.17) is 23.7 Å². The molecule has 2 aliphatic rings. The average molecular weight is 391 g/mol. The summed E-state index contributed by atoms with van der Waals surface area (Å²) in [5.74, 6) is -0.776. The first-order valence-electron chi connectivity index (χ1n) is 10.4. The van der Waals surface area contributed by atoms with E-state index in [0.717, 1.165) is 19.3 Å². The predicted octanol–water partition coefficient (Wildman–Crippen LogP) is 2.37. The molecule has 0 aromatic rings. The van der Waals surface area contributed by atoms with E-state index in [1.54, 1.807) is 7.11 Å². The molecule has 0 unspecified atom stereocenters. The van der Waals surface area contributed by atoms with Gasteiger partial charge in [0.25, 0.3) is 0 Å². The lowest BCUT2D eigenvalue weighted by molar-refractivity contribution is -0.381. The lowest BCUT2D eigenvalue weighted by Gasteiger charge is -2.49. The van der Waals surface area contributed by atoms with E-state index in [1.165, 1.54) is 25.7 Å². The van der Waals surface area contributed by atoms with Crippen molar-refractivity contribution in [1.29, 1.82) is 0 Å². The maximum absolute atomic E-state index is 10.3. The fourth-order valence-corrected chi connectivity index (χ4v) is 3.71. The van der Waals surface area contributed by atoms with Gasteiger partial charge in [0.15, 0.2) is 12.1 Å². The van der Waals surface area contributed by atoms with Crippen LogP contribution in [-0.2, 0) is 23.7 Å². The molecule has 2 N–H and O–H groups in total. The van der Waals surface area contributed by atoms with Gasteiger partial charge in [-0.05, 0) is 26.7 Å². The van der Waals surface area contributed by atoms with Gasteiger partial charge in [0.2, 0.25) is 0 Å². The Kier molecular flexibility index (Phi) is 9.41. The van der Waals surface area contributed by atoms with Crippen molar-refractivity contribution >= 4 is 0 Å². The predicted molar refractivity (Wildman–Crippen MR) is 100 cm³/mol. The van der Waals surface area contributed by atoms with Gasteiger partial charge in [-0.15, -0.1) is 0 Å². The third-order valence-corrected chi connectivity index (χ3v) is 5.36. The molecule has 7 nitrogen and oxygen atoms in total. The Morgan fingerprint density at radius 2 is 1.85 bits per heavy atom. The molecule has 7 heteroatoms. The Morgan fingerprint density at radius 3 is 2.56 bits per heavy atom. The summed E-state index contributed by atoms with van der Waals surface area (Å²) >= 11 is 0. The topological polar surface area (TPSA) is 86.6 Å². The maximum atomic E-state index is 10.3. The second-order valence-corrected chi connectivity index (χ2v) is 8.03. The summed E-state index contributed by atoms with van der Waals surface area (Å²) in [6, 6.07) is 0. The van der Waals surface area contributed by atoms with E-state index in [-0.39, 0.29) is 6.10 Å². The van der Waals surface area contributed by atoms with E-state index in [1.807, 2.05) is 13.8 Å². The van der Waals surface area contributed by atoms with Crippen molar-refractivity contribution in [3.8, 4) is 0 Å². The molecule has 2 heterocycles. The first-order chi connectivity index (χ1) is 12.9. The molecular formula is C20H38O7. The lowest BCUT2D eigenvalue weighted by atomic mass is 9.97. The normalized spacial score (nSPS) is 34.2. The lowest BCUT2D eigenvalue weighted by Crippen LogP contribution is -2.65. The number of unbranched alkanes of at least 4 members (excludes halogenated alkanes) is 4. The second kappa shape index (κ2) is 11.0. The first kappa shape index (κ1) is 23.0. The van der Waals surface area contributed by atoms with Gasteiger partial charge in [-0.2, -0.15) is 0 Å². The fraction of sp³-hybridized carbons (Fsp3) is 1.00. The third-order valence-electron chi connectivity index (χ3n) is 5.36. The molecule has 2 saturated heterocycles. The van der Waals surface area contributed by atoms with E-state index in [2.05, 4.69) is 6.92 Å². The molecule has 0 bridgehead atoms. The molecule has 6 atom stereocenters. The van der Waals surface area contributed by atoms with Crippen LogP contribution in [0.5, 0.6) is 0 Å². The largest absolute Gasteiger partial charge is 0.385 e. The minimum Gasteiger partial charge on any atom is -0.385 e. The molecule has 0 aromatic carbocycles. The summed E-state index contributed by atoms with van der Waals surface area (Å²) in [6.07, 6.45) is 3.99. The standard InChI is InChI=1S/C20H38O7/c1-5-6-7-8-9-10-14(23-4)11-12-24-18-16(21)19(22)26-15-13-25-20(2,3)27-17(15)18/h14-19,21-22H,5-13H2,1-4H3/t14-,15-,16-,17-,18-,19-/m1/s1. The molecule has 0 aliphatic carbocycles. The fourth-order valence-electron chi connectivity index (χ4n) is 3.71. The van der Waals surface area contributed by atoms with Gasteiger partial charge in [-0.1, -0.05) is 39.0 Å². The Bertz CT molecular complexity index is 417. The highest BCUT2D eigenvalue weighted by Gasteiger charge is 2.51. The SMILES string of the molecule is CCCCCCC[C@H](CCO[C@@H]1[C@@H](O)[C@H](O)O[C@@H]2COC(C)(C)O[C@@H]12)OC. The summed E-state index contributed by atoms with van der Waals surface area (Å²) < 4.78 is 28.4. The van der Waals surface area contributed by atoms with Crippen LogP contribution < -0.4 is 0 Å².